The van der Waals surface area contributed by atoms with Crippen LogP contribution in [0.4, 0.5) is 0 Å². The first-order chi connectivity index (χ1) is 9.29. The summed E-state index contributed by atoms with van der Waals surface area (Å²) in [5, 5.41) is 13.0. The zero-order valence-electron chi connectivity index (χ0n) is 11.1. The van der Waals surface area contributed by atoms with Crippen molar-refractivity contribution in [3.63, 3.8) is 0 Å². The van der Waals surface area contributed by atoms with Crippen LogP contribution in [0.1, 0.15) is 17.8 Å². The van der Waals surface area contributed by atoms with Gasteiger partial charge in [0.25, 0.3) is 0 Å². The summed E-state index contributed by atoms with van der Waals surface area (Å²) < 4.78 is 4.98. The molecule has 1 aromatic carbocycles. The SMILES string of the molecule is COCCCC(O)Cc1nc(-c2ccccc2)cs1. The van der Waals surface area contributed by atoms with E-state index < -0.39 is 0 Å². The smallest absolute Gasteiger partial charge is 0.0958 e. The highest BCUT2D eigenvalue weighted by Crippen LogP contribution is 2.22. The molecule has 0 fully saturated rings. The number of aliphatic hydroxyl groups excluding tert-OH is 1. The van der Waals surface area contributed by atoms with Crippen LogP contribution in [-0.4, -0.2) is 29.9 Å². The van der Waals surface area contributed by atoms with E-state index in [4.69, 9.17) is 4.74 Å². The van der Waals surface area contributed by atoms with E-state index in [0.29, 0.717) is 13.0 Å². The second kappa shape index (κ2) is 7.38. The Morgan fingerprint density at radius 3 is 2.84 bits per heavy atom. The summed E-state index contributed by atoms with van der Waals surface area (Å²) in [5.41, 5.74) is 2.11. The topological polar surface area (TPSA) is 42.4 Å². The first-order valence-electron chi connectivity index (χ1n) is 6.46. The highest BCUT2D eigenvalue weighted by molar-refractivity contribution is 7.09. The largest absolute Gasteiger partial charge is 0.393 e. The number of aromatic nitrogens is 1. The lowest BCUT2D eigenvalue weighted by molar-refractivity contribution is 0.135. The fraction of sp³-hybridized carbons (Fsp3) is 0.400. The van der Waals surface area contributed by atoms with E-state index in [9.17, 15) is 5.11 Å². The van der Waals surface area contributed by atoms with Crippen LogP contribution in [0, 0.1) is 0 Å². The zero-order chi connectivity index (χ0) is 13.5. The molecule has 0 radical (unpaired) electrons. The normalized spacial score (nSPS) is 12.5. The summed E-state index contributed by atoms with van der Waals surface area (Å²) in [7, 11) is 1.68. The Hall–Kier alpha value is -1.23. The molecular formula is C15H19NO2S. The van der Waals surface area contributed by atoms with Crippen molar-refractivity contribution < 1.29 is 9.84 Å². The van der Waals surface area contributed by atoms with Gasteiger partial charge in [0.2, 0.25) is 0 Å². The van der Waals surface area contributed by atoms with Crippen molar-refractivity contribution in [3.05, 3.63) is 40.7 Å². The molecule has 0 aliphatic rings. The van der Waals surface area contributed by atoms with Crippen molar-refractivity contribution in [1.82, 2.24) is 4.98 Å². The van der Waals surface area contributed by atoms with Gasteiger partial charge in [-0.25, -0.2) is 4.98 Å². The van der Waals surface area contributed by atoms with Crippen molar-refractivity contribution in [2.75, 3.05) is 13.7 Å². The van der Waals surface area contributed by atoms with Gasteiger partial charge in [-0.3, -0.25) is 0 Å². The number of methoxy groups -OCH3 is 1. The molecular weight excluding hydrogens is 258 g/mol. The highest BCUT2D eigenvalue weighted by atomic mass is 32.1. The molecule has 0 spiro atoms. The molecule has 1 unspecified atom stereocenters. The second-order valence-corrected chi connectivity index (χ2v) is 5.43. The van der Waals surface area contributed by atoms with Crippen molar-refractivity contribution in [2.24, 2.45) is 0 Å². The van der Waals surface area contributed by atoms with Crippen LogP contribution >= 0.6 is 11.3 Å². The van der Waals surface area contributed by atoms with Crippen molar-refractivity contribution in [2.45, 2.75) is 25.4 Å². The molecule has 1 N–H and O–H groups in total. The third kappa shape index (κ3) is 4.42. The molecule has 1 aromatic heterocycles. The molecule has 0 aliphatic heterocycles. The molecule has 0 saturated carbocycles. The molecule has 0 amide bonds. The molecule has 0 bridgehead atoms. The van der Waals surface area contributed by atoms with E-state index in [0.717, 1.165) is 29.1 Å². The summed E-state index contributed by atoms with van der Waals surface area (Å²) in [4.78, 5) is 4.58. The van der Waals surface area contributed by atoms with Crippen LogP contribution in [-0.2, 0) is 11.2 Å². The number of hydrogen-bond donors (Lipinski definition) is 1. The molecule has 102 valence electrons. The summed E-state index contributed by atoms with van der Waals surface area (Å²) in [5.74, 6) is 0. The summed E-state index contributed by atoms with van der Waals surface area (Å²) in [6.45, 7) is 0.699. The van der Waals surface area contributed by atoms with Gasteiger partial charge in [-0.2, -0.15) is 0 Å². The van der Waals surface area contributed by atoms with E-state index in [1.165, 1.54) is 0 Å². The van der Waals surface area contributed by atoms with Gasteiger partial charge in [-0.1, -0.05) is 30.3 Å². The Bertz CT molecular complexity index is 484. The molecule has 0 aliphatic carbocycles. The van der Waals surface area contributed by atoms with E-state index in [1.54, 1.807) is 18.4 Å². The van der Waals surface area contributed by atoms with Gasteiger partial charge in [0, 0.05) is 31.1 Å². The Balaban J connectivity index is 1.91. The summed E-state index contributed by atoms with van der Waals surface area (Å²) in [6, 6.07) is 10.1. The predicted molar refractivity (Wildman–Crippen MR) is 78.4 cm³/mol. The minimum absolute atomic E-state index is 0.329. The standard InChI is InChI=1S/C15H19NO2S/c1-18-9-5-8-13(17)10-15-16-14(11-19-15)12-6-3-2-4-7-12/h2-4,6-7,11,13,17H,5,8-10H2,1H3. The van der Waals surface area contributed by atoms with Gasteiger partial charge in [0.1, 0.15) is 0 Å². The van der Waals surface area contributed by atoms with E-state index in [1.807, 2.05) is 35.7 Å². The number of rotatable bonds is 7. The van der Waals surface area contributed by atoms with Gasteiger partial charge < -0.3 is 9.84 Å². The number of nitrogens with zero attached hydrogens (tertiary/aromatic N) is 1. The van der Waals surface area contributed by atoms with Crippen LogP contribution in [0.5, 0.6) is 0 Å². The highest BCUT2D eigenvalue weighted by Gasteiger charge is 2.10. The van der Waals surface area contributed by atoms with Gasteiger partial charge in [-0.05, 0) is 12.8 Å². The number of thiazole rings is 1. The van der Waals surface area contributed by atoms with Gasteiger partial charge in [0.15, 0.2) is 0 Å². The Kier molecular flexibility index (Phi) is 5.51. The summed E-state index contributed by atoms with van der Waals surface area (Å²) >= 11 is 1.61. The quantitative estimate of drug-likeness (QED) is 0.791. The van der Waals surface area contributed by atoms with Crippen molar-refractivity contribution >= 4 is 11.3 Å². The Morgan fingerprint density at radius 2 is 2.11 bits per heavy atom. The van der Waals surface area contributed by atoms with E-state index in [-0.39, 0.29) is 6.10 Å². The fourth-order valence-corrected chi connectivity index (χ4v) is 2.79. The zero-order valence-corrected chi connectivity index (χ0v) is 11.9. The first kappa shape index (κ1) is 14.2. The van der Waals surface area contributed by atoms with E-state index in [2.05, 4.69) is 4.98 Å². The predicted octanol–water partition coefficient (Wildman–Crippen LogP) is 3.14. The lowest BCUT2D eigenvalue weighted by Crippen LogP contribution is -2.11. The lowest BCUT2D eigenvalue weighted by Gasteiger charge is -2.07. The molecule has 3 nitrogen and oxygen atoms in total. The number of ether oxygens (including phenoxy) is 1. The molecule has 2 rings (SSSR count). The number of aliphatic hydroxyl groups is 1. The molecule has 4 heteroatoms. The van der Waals surface area contributed by atoms with Gasteiger partial charge >= 0.3 is 0 Å². The third-order valence-corrected chi connectivity index (χ3v) is 3.79. The van der Waals surface area contributed by atoms with Crippen molar-refractivity contribution in [1.29, 1.82) is 0 Å². The van der Waals surface area contributed by atoms with Crippen LogP contribution < -0.4 is 0 Å². The van der Waals surface area contributed by atoms with Gasteiger partial charge in [0.05, 0.1) is 16.8 Å². The molecule has 1 atom stereocenters. The third-order valence-electron chi connectivity index (χ3n) is 2.92. The van der Waals surface area contributed by atoms with E-state index >= 15 is 0 Å². The maximum atomic E-state index is 9.92. The maximum Gasteiger partial charge on any atom is 0.0958 e. The first-order valence-corrected chi connectivity index (χ1v) is 7.34. The maximum absolute atomic E-state index is 9.92. The van der Waals surface area contributed by atoms with Crippen LogP contribution in [0.3, 0.4) is 0 Å². The Morgan fingerprint density at radius 1 is 1.32 bits per heavy atom. The average molecular weight is 277 g/mol. The molecule has 19 heavy (non-hydrogen) atoms. The number of benzene rings is 1. The van der Waals surface area contributed by atoms with Crippen molar-refractivity contribution in [3.8, 4) is 11.3 Å². The molecule has 0 saturated heterocycles. The Labute approximate surface area is 117 Å². The molecule has 1 heterocycles. The molecule has 2 aromatic rings. The lowest BCUT2D eigenvalue weighted by atomic mass is 10.1. The van der Waals surface area contributed by atoms with Crippen LogP contribution in [0.25, 0.3) is 11.3 Å². The van der Waals surface area contributed by atoms with Crippen LogP contribution in [0.15, 0.2) is 35.7 Å². The number of hydrogen-bond acceptors (Lipinski definition) is 4. The monoisotopic (exact) mass is 277 g/mol. The average Bonchev–Trinajstić information content (AvgIpc) is 2.88. The minimum atomic E-state index is -0.329. The van der Waals surface area contributed by atoms with Crippen LogP contribution in [0.2, 0.25) is 0 Å². The second-order valence-electron chi connectivity index (χ2n) is 4.49. The van der Waals surface area contributed by atoms with Gasteiger partial charge in [-0.15, -0.1) is 11.3 Å². The fourth-order valence-electron chi connectivity index (χ4n) is 1.91. The minimum Gasteiger partial charge on any atom is -0.393 e. The summed E-state index contributed by atoms with van der Waals surface area (Å²) in [6.07, 6.45) is 1.94.